The molecule has 0 amide bonds. The van der Waals surface area contributed by atoms with E-state index in [1.54, 1.807) is 6.33 Å². The summed E-state index contributed by atoms with van der Waals surface area (Å²) in [7, 11) is 0. The second kappa shape index (κ2) is 5.24. The van der Waals surface area contributed by atoms with Gasteiger partial charge in [-0.15, -0.1) is 0 Å². The molecule has 4 nitrogen and oxygen atoms in total. The Morgan fingerprint density at radius 2 is 1.85 bits per heavy atom. The summed E-state index contributed by atoms with van der Waals surface area (Å²) in [4.78, 5) is 7.97. The minimum absolute atomic E-state index is 0. The van der Waals surface area contributed by atoms with Gasteiger partial charge in [0.2, 0.25) is 0 Å². The first-order chi connectivity index (χ1) is 6.38. The lowest BCUT2D eigenvalue weighted by Crippen LogP contribution is -1.77. The number of benzene rings is 1. The molecule has 5 heteroatoms. The Bertz CT molecular complexity index is 304. The van der Waals surface area contributed by atoms with Crippen LogP contribution in [-0.4, -0.2) is 27.7 Å². The van der Waals surface area contributed by atoms with Gasteiger partial charge in [-0.2, -0.15) is 0 Å². The summed E-state index contributed by atoms with van der Waals surface area (Å²) in [6, 6.07) is 7.91. The second-order valence-electron chi connectivity index (χ2n) is 2.20. The van der Waals surface area contributed by atoms with Crippen LogP contribution in [0, 0.1) is 0 Å². The SMILES string of the molecule is O[B]O.c1ccc2ncncc2c1. The van der Waals surface area contributed by atoms with Crippen LogP contribution in [0.2, 0.25) is 0 Å². The molecule has 13 heavy (non-hydrogen) atoms. The Hall–Kier alpha value is -1.46. The lowest BCUT2D eigenvalue weighted by atomic mass is 10.2. The second-order valence-corrected chi connectivity index (χ2v) is 2.20. The molecule has 0 saturated heterocycles. The zero-order valence-corrected chi connectivity index (χ0v) is 6.83. The first kappa shape index (κ1) is 9.63. The quantitative estimate of drug-likeness (QED) is 0.558. The largest absolute Gasteiger partial charge is 0.482 e. The van der Waals surface area contributed by atoms with Gasteiger partial charge in [0.05, 0.1) is 5.52 Å². The third-order valence-corrected chi connectivity index (χ3v) is 1.41. The highest BCUT2D eigenvalue weighted by atomic mass is 16.4. The number of para-hydroxylation sites is 1. The molecule has 0 unspecified atom stereocenters. The van der Waals surface area contributed by atoms with Gasteiger partial charge in [0, 0.05) is 11.6 Å². The highest BCUT2D eigenvalue weighted by molar-refractivity contribution is 6.13. The minimum atomic E-state index is 0. The fraction of sp³-hybridized carbons (Fsp3) is 0. The summed E-state index contributed by atoms with van der Waals surface area (Å²) in [6.07, 6.45) is 3.37. The van der Waals surface area contributed by atoms with Crippen LogP contribution in [0.1, 0.15) is 0 Å². The predicted octanol–water partition coefficient (Wildman–Crippen LogP) is 0.135. The van der Waals surface area contributed by atoms with Crippen LogP contribution >= 0.6 is 0 Å². The first-order valence-corrected chi connectivity index (χ1v) is 3.63. The van der Waals surface area contributed by atoms with Gasteiger partial charge in [-0.3, -0.25) is 0 Å². The smallest absolute Gasteiger partial charge is 0.429 e. The van der Waals surface area contributed by atoms with Crippen molar-refractivity contribution in [2.24, 2.45) is 0 Å². The van der Waals surface area contributed by atoms with Gasteiger partial charge >= 0.3 is 7.69 Å². The van der Waals surface area contributed by atoms with E-state index in [0.29, 0.717) is 0 Å². The lowest BCUT2D eigenvalue weighted by molar-refractivity contribution is 0.448. The summed E-state index contributed by atoms with van der Waals surface area (Å²) >= 11 is 0. The average Bonchev–Trinajstić information content (AvgIpc) is 2.19. The summed E-state index contributed by atoms with van der Waals surface area (Å²) in [6.45, 7) is 0. The standard InChI is InChI=1S/C8H6N2.BH2O2/c1-2-4-8-7(3-1)5-9-6-10-8;2-1-3/h1-6H;2-3H. The molecule has 0 aliphatic carbocycles. The van der Waals surface area contributed by atoms with Crippen molar-refractivity contribution in [3.8, 4) is 0 Å². The Morgan fingerprint density at radius 3 is 2.54 bits per heavy atom. The first-order valence-electron chi connectivity index (χ1n) is 3.63. The van der Waals surface area contributed by atoms with E-state index in [4.69, 9.17) is 10.0 Å². The van der Waals surface area contributed by atoms with Gasteiger partial charge in [0.25, 0.3) is 0 Å². The number of aromatic nitrogens is 2. The molecule has 0 bridgehead atoms. The Balaban J connectivity index is 0.000000251. The number of hydrogen-bond acceptors (Lipinski definition) is 4. The van der Waals surface area contributed by atoms with E-state index in [1.807, 2.05) is 30.5 Å². The Morgan fingerprint density at radius 1 is 1.15 bits per heavy atom. The number of rotatable bonds is 0. The van der Waals surface area contributed by atoms with Crippen molar-refractivity contribution in [1.82, 2.24) is 9.97 Å². The normalized spacial score (nSPS) is 8.77. The van der Waals surface area contributed by atoms with Gasteiger partial charge in [-0.25, -0.2) is 9.97 Å². The fourth-order valence-electron chi connectivity index (χ4n) is 0.923. The zero-order valence-electron chi connectivity index (χ0n) is 6.83. The molecule has 2 aromatic rings. The lowest BCUT2D eigenvalue weighted by Gasteiger charge is -1.90. The van der Waals surface area contributed by atoms with Crippen molar-refractivity contribution < 1.29 is 10.0 Å². The predicted molar refractivity (Wildman–Crippen MR) is 49.7 cm³/mol. The third kappa shape index (κ3) is 2.81. The maximum atomic E-state index is 7.00. The maximum absolute atomic E-state index is 7.00. The van der Waals surface area contributed by atoms with Gasteiger partial charge < -0.3 is 10.0 Å². The molecule has 1 aromatic carbocycles. The molecular formula is C8H8BN2O2. The van der Waals surface area contributed by atoms with Gasteiger partial charge in [-0.1, -0.05) is 18.2 Å². The monoisotopic (exact) mass is 175 g/mol. The molecule has 0 aliphatic heterocycles. The molecule has 65 valence electrons. The summed E-state index contributed by atoms with van der Waals surface area (Å²) in [5.74, 6) is 0. The zero-order chi connectivity index (χ0) is 9.52. The van der Waals surface area contributed by atoms with Crippen LogP contribution in [0.25, 0.3) is 10.9 Å². The minimum Gasteiger partial charge on any atom is -0.429 e. The van der Waals surface area contributed by atoms with Crippen LogP contribution in [0.4, 0.5) is 0 Å². The molecule has 0 spiro atoms. The van der Waals surface area contributed by atoms with Crippen molar-refractivity contribution >= 4 is 18.6 Å². The molecule has 0 atom stereocenters. The van der Waals surface area contributed by atoms with E-state index < -0.39 is 0 Å². The molecule has 1 radical (unpaired) electrons. The van der Waals surface area contributed by atoms with E-state index in [0.717, 1.165) is 10.9 Å². The van der Waals surface area contributed by atoms with Crippen molar-refractivity contribution in [2.45, 2.75) is 0 Å². The topological polar surface area (TPSA) is 66.2 Å². The van der Waals surface area contributed by atoms with Crippen LogP contribution < -0.4 is 0 Å². The maximum Gasteiger partial charge on any atom is 0.482 e. The molecule has 1 heterocycles. The molecule has 0 fully saturated rings. The summed E-state index contributed by atoms with van der Waals surface area (Å²) in [5.41, 5.74) is 0.998. The van der Waals surface area contributed by atoms with E-state index in [1.165, 1.54) is 0 Å². The number of hydrogen-bond donors (Lipinski definition) is 2. The van der Waals surface area contributed by atoms with Gasteiger partial charge in [-0.05, 0) is 6.07 Å². The van der Waals surface area contributed by atoms with E-state index in [2.05, 4.69) is 9.97 Å². The van der Waals surface area contributed by atoms with E-state index in [-0.39, 0.29) is 7.69 Å². The molecule has 1 aromatic heterocycles. The van der Waals surface area contributed by atoms with Gasteiger partial charge in [0.15, 0.2) is 0 Å². The van der Waals surface area contributed by atoms with Crippen LogP contribution in [0.3, 0.4) is 0 Å². The van der Waals surface area contributed by atoms with E-state index >= 15 is 0 Å². The van der Waals surface area contributed by atoms with Crippen LogP contribution in [-0.2, 0) is 0 Å². The number of fused-ring (bicyclic) bond motifs is 1. The van der Waals surface area contributed by atoms with Crippen molar-refractivity contribution in [3.05, 3.63) is 36.8 Å². The number of nitrogens with zero attached hydrogens (tertiary/aromatic N) is 2. The Kier molecular flexibility index (Phi) is 3.88. The molecule has 0 aliphatic rings. The van der Waals surface area contributed by atoms with Crippen molar-refractivity contribution in [3.63, 3.8) is 0 Å². The van der Waals surface area contributed by atoms with Crippen molar-refractivity contribution in [2.75, 3.05) is 0 Å². The molecular weight excluding hydrogens is 167 g/mol. The fourth-order valence-corrected chi connectivity index (χ4v) is 0.923. The van der Waals surface area contributed by atoms with Crippen LogP contribution in [0.15, 0.2) is 36.8 Å². The van der Waals surface area contributed by atoms with Crippen LogP contribution in [0.5, 0.6) is 0 Å². The van der Waals surface area contributed by atoms with Gasteiger partial charge in [0.1, 0.15) is 6.33 Å². The van der Waals surface area contributed by atoms with Crippen molar-refractivity contribution in [1.29, 1.82) is 0 Å². The molecule has 2 rings (SSSR count). The average molecular weight is 175 g/mol. The Labute approximate surface area is 76.2 Å². The molecule has 0 saturated carbocycles. The highest BCUT2D eigenvalue weighted by Crippen LogP contribution is 2.06. The summed E-state index contributed by atoms with van der Waals surface area (Å²) in [5, 5.41) is 15.1. The van der Waals surface area contributed by atoms with E-state index in [9.17, 15) is 0 Å². The molecule has 2 N–H and O–H groups in total. The highest BCUT2D eigenvalue weighted by Gasteiger charge is 1.87. The summed E-state index contributed by atoms with van der Waals surface area (Å²) < 4.78 is 0. The third-order valence-electron chi connectivity index (χ3n) is 1.41.